The van der Waals surface area contributed by atoms with Crippen LogP contribution in [0.1, 0.15) is 44.0 Å². The van der Waals surface area contributed by atoms with Gasteiger partial charge in [0, 0.05) is 15.8 Å². The molecule has 2 aromatic heterocycles. The number of amides is 1. The smallest absolute Gasteiger partial charge is 0.341 e. The van der Waals surface area contributed by atoms with Crippen molar-refractivity contribution in [3.8, 4) is 22.8 Å². The molecule has 2 aromatic carbocycles. The van der Waals surface area contributed by atoms with Crippen LogP contribution >= 0.6 is 11.3 Å². The zero-order chi connectivity index (χ0) is 23.9. The number of aromatic nitrogens is 1. The highest BCUT2D eigenvalue weighted by Crippen LogP contribution is 2.40. The van der Waals surface area contributed by atoms with Gasteiger partial charge < -0.3 is 19.5 Å². The highest BCUT2D eigenvalue weighted by molar-refractivity contribution is 7.17. The second kappa shape index (κ2) is 8.70. The summed E-state index contributed by atoms with van der Waals surface area (Å²) < 4.78 is 16.0. The number of fused-ring (bicyclic) bond motifs is 3. The van der Waals surface area contributed by atoms with Crippen LogP contribution in [-0.2, 0) is 17.6 Å². The minimum Gasteiger partial charge on any atom is -0.465 e. The fraction of sp³-hybridized carbons (Fsp3) is 0.222. The molecule has 8 heteroatoms. The van der Waals surface area contributed by atoms with Crippen LogP contribution in [-0.4, -0.2) is 30.8 Å². The minimum absolute atomic E-state index is 0.185. The molecule has 0 radical (unpaired) electrons. The summed E-state index contributed by atoms with van der Waals surface area (Å²) in [6.45, 7) is 0.185. The first-order valence-electron chi connectivity index (χ1n) is 11.5. The molecular formula is C27H22N2O5S. The number of para-hydroxylation sites is 1. The Labute approximate surface area is 205 Å². The number of aryl methyl sites for hydroxylation is 1. The number of hydrogen-bond acceptors (Lipinski definition) is 7. The van der Waals surface area contributed by atoms with Gasteiger partial charge in [0.1, 0.15) is 5.00 Å². The van der Waals surface area contributed by atoms with E-state index in [0.717, 1.165) is 47.1 Å². The molecule has 0 saturated carbocycles. The molecular weight excluding hydrogens is 464 g/mol. The number of rotatable bonds is 4. The van der Waals surface area contributed by atoms with Crippen LogP contribution in [0.3, 0.4) is 0 Å². The van der Waals surface area contributed by atoms with E-state index in [4.69, 9.17) is 19.2 Å². The standard InChI is InChI=1S/C27H22N2O5S/c1-32-27(31)24-17-7-3-5-9-23(17)35-26(24)29-25(30)18-13-20(28-19-8-4-2-6-16(18)19)15-10-11-21-22(12-15)34-14-33-21/h2,4,6,8,10-13H,3,5,7,9,14H2,1H3,(H,29,30). The summed E-state index contributed by atoms with van der Waals surface area (Å²) in [5.41, 5.74) is 4.12. The van der Waals surface area contributed by atoms with Crippen molar-refractivity contribution in [2.75, 3.05) is 19.2 Å². The van der Waals surface area contributed by atoms with Gasteiger partial charge in [-0.3, -0.25) is 4.79 Å². The van der Waals surface area contributed by atoms with Gasteiger partial charge >= 0.3 is 5.97 Å². The van der Waals surface area contributed by atoms with E-state index in [-0.39, 0.29) is 12.7 Å². The molecule has 0 spiro atoms. The number of esters is 1. The average Bonchev–Trinajstić information content (AvgIpc) is 3.51. The van der Waals surface area contributed by atoms with Crippen LogP contribution in [0.4, 0.5) is 5.00 Å². The first-order chi connectivity index (χ1) is 17.1. The van der Waals surface area contributed by atoms with Gasteiger partial charge in [0.2, 0.25) is 6.79 Å². The number of pyridine rings is 1. The molecule has 1 amide bonds. The van der Waals surface area contributed by atoms with E-state index in [9.17, 15) is 9.59 Å². The largest absolute Gasteiger partial charge is 0.465 e. The van der Waals surface area contributed by atoms with Gasteiger partial charge in [-0.15, -0.1) is 11.3 Å². The Morgan fingerprint density at radius 1 is 1.03 bits per heavy atom. The van der Waals surface area contributed by atoms with Gasteiger partial charge in [0.05, 0.1) is 29.4 Å². The van der Waals surface area contributed by atoms with Crippen molar-refractivity contribution in [3.63, 3.8) is 0 Å². The van der Waals surface area contributed by atoms with Crippen molar-refractivity contribution < 1.29 is 23.8 Å². The third-order valence-electron chi connectivity index (χ3n) is 6.42. The van der Waals surface area contributed by atoms with Gasteiger partial charge in [-0.25, -0.2) is 9.78 Å². The summed E-state index contributed by atoms with van der Waals surface area (Å²) in [6.07, 6.45) is 3.83. The lowest BCUT2D eigenvalue weighted by Gasteiger charge is -2.12. The van der Waals surface area contributed by atoms with E-state index in [1.165, 1.54) is 18.4 Å². The molecule has 2 aliphatic rings. The van der Waals surface area contributed by atoms with Crippen molar-refractivity contribution >= 4 is 39.1 Å². The second-order valence-electron chi connectivity index (χ2n) is 8.50. The predicted molar refractivity (Wildman–Crippen MR) is 134 cm³/mol. The van der Waals surface area contributed by atoms with Crippen LogP contribution < -0.4 is 14.8 Å². The Morgan fingerprint density at radius 3 is 2.74 bits per heavy atom. The number of benzene rings is 2. The average molecular weight is 487 g/mol. The first kappa shape index (κ1) is 21.6. The van der Waals surface area contributed by atoms with Crippen molar-refractivity contribution in [1.29, 1.82) is 0 Å². The molecule has 0 atom stereocenters. The highest BCUT2D eigenvalue weighted by Gasteiger charge is 2.27. The maximum atomic E-state index is 13.6. The highest BCUT2D eigenvalue weighted by atomic mass is 32.1. The molecule has 35 heavy (non-hydrogen) atoms. The summed E-state index contributed by atoms with van der Waals surface area (Å²) in [4.78, 5) is 32.2. The van der Waals surface area contributed by atoms with Crippen LogP contribution in [0.15, 0.2) is 48.5 Å². The lowest BCUT2D eigenvalue weighted by Crippen LogP contribution is -2.16. The number of carbonyl (C=O) groups is 2. The molecule has 0 fully saturated rings. The van der Waals surface area contributed by atoms with Crippen LogP contribution in [0.25, 0.3) is 22.2 Å². The molecule has 0 saturated heterocycles. The van der Waals surface area contributed by atoms with E-state index >= 15 is 0 Å². The molecule has 1 aliphatic carbocycles. The lowest BCUT2D eigenvalue weighted by atomic mass is 9.95. The molecule has 4 aromatic rings. The fourth-order valence-electron chi connectivity index (χ4n) is 4.71. The lowest BCUT2D eigenvalue weighted by molar-refractivity contribution is 0.0601. The Bertz CT molecular complexity index is 1490. The van der Waals surface area contributed by atoms with Gasteiger partial charge in [0.15, 0.2) is 11.5 Å². The molecule has 1 N–H and O–H groups in total. The monoisotopic (exact) mass is 486 g/mol. The summed E-state index contributed by atoms with van der Waals surface area (Å²) in [5.74, 6) is 0.620. The number of thiophene rings is 1. The molecule has 6 rings (SSSR count). The zero-order valence-corrected chi connectivity index (χ0v) is 19.9. The normalized spacial score (nSPS) is 14.0. The summed E-state index contributed by atoms with van der Waals surface area (Å²) in [5, 5.41) is 4.29. The Balaban J connectivity index is 1.43. The molecule has 1 aliphatic heterocycles. The van der Waals surface area contributed by atoms with Crippen LogP contribution in [0, 0.1) is 0 Å². The SMILES string of the molecule is COC(=O)c1c(NC(=O)c2cc(-c3ccc4c(c3)OCO4)nc3ccccc23)sc2c1CCCC2. The maximum absolute atomic E-state index is 13.6. The van der Waals surface area contributed by atoms with Crippen LogP contribution in [0.2, 0.25) is 0 Å². The number of nitrogens with one attached hydrogen (secondary N) is 1. The Morgan fingerprint density at radius 2 is 1.86 bits per heavy atom. The van der Waals surface area contributed by atoms with E-state index in [0.29, 0.717) is 38.8 Å². The van der Waals surface area contributed by atoms with E-state index in [2.05, 4.69) is 5.32 Å². The fourth-order valence-corrected chi connectivity index (χ4v) is 5.98. The van der Waals surface area contributed by atoms with Crippen molar-refractivity contribution in [1.82, 2.24) is 4.98 Å². The van der Waals surface area contributed by atoms with Gasteiger partial charge in [-0.2, -0.15) is 0 Å². The Kier molecular flexibility index (Phi) is 5.37. The van der Waals surface area contributed by atoms with E-state index in [1.54, 1.807) is 6.07 Å². The first-order valence-corrected chi connectivity index (χ1v) is 12.3. The second-order valence-corrected chi connectivity index (χ2v) is 9.61. The quantitative estimate of drug-likeness (QED) is 0.377. The van der Waals surface area contributed by atoms with Crippen molar-refractivity contribution in [2.24, 2.45) is 0 Å². The third-order valence-corrected chi connectivity index (χ3v) is 7.62. The number of carbonyl (C=O) groups excluding carboxylic acids is 2. The minimum atomic E-state index is -0.416. The van der Waals surface area contributed by atoms with Crippen LogP contribution in [0.5, 0.6) is 11.5 Å². The van der Waals surface area contributed by atoms with E-state index in [1.807, 2.05) is 42.5 Å². The van der Waals surface area contributed by atoms with Gasteiger partial charge in [-0.1, -0.05) is 18.2 Å². The molecule has 0 bridgehead atoms. The summed E-state index contributed by atoms with van der Waals surface area (Å²) in [7, 11) is 1.37. The van der Waals surface area contributed by atoms with Crippen molar-refractivity contribution in [2.45, 2.75) is 25.7 Å². The third kappa shape index (κ3) is 3.80. The maximum Gasteiger partial charge on any atom is 0.341 e. The number of methoxy groups -OCH3 is 1. The number of hydrogen-bond donors (Lipinski definition) is 1. The molecule has 176 valence electrons. The Hall–Kier alpha value is -3.91. The zero-order valence-electron chi connectivity index (χ0n) is 19.1. The number of anilines is 1. The molecule has 3 heterocycles. The molecule has 0 unspecified atom stereocenters. The summed E-state index contributed by atoms with van der Waals surface area (Å²) in [6, 6.07) is 14.9. The topological polar surface area (TPSA) is 86.8 Å². The van der Waals surface area contributed by atoms with E-state index < -0.39 is 5.97 Å². The summed E-state index contributed by atoms with van der Waals surface area (Å²) >= 11 is 1.47. The predicted octanol–water partition coefficient (Wildman–Crippen LogP) is 5.61. The van der Waals surface area contributed by atoms with Gasteiger partial charge in [0.25, 0.3) is 5.91 Å². The van der Waals surface area contributed by atoms with Gasteiger partial charge in [-0.05, 0) is 61.6 Å². The van der Waals surface area contributed by atoms with Crippen molar-refractivity contribution in [3.05, 3.63) is 70.1 Å². The molecule has 7 nitrogen and oxygen atoms in total. The number of nitrogens with zero attached hydrogens (tertiary/aromatic N) is 1. The number of ether oxygens (including phenoxy) is 3.